The van der Waals surface area contributed by atoms with E-state index in [0.29, 0.717) is 0 Å². The Morgan fingerprint density at radius 1 is 1.11 bits per heavy atom. The molecule has 0 atom stereocenters. The van der Waals surface area contributed by atoms with Crippen LogP contribution in [0.1, 0.15) is 26.7 Å². The normalized spacial score (nSPS) is 5.33. The van der Waals surface area contributed by atoms with E-state index in [9.17, 15) is 0 Å². The molecule has 0 N–H and O–H groups in total. The SMILES string of the molecule is [CH2-]CC.[CH2-]CC.[Ni]=[C]=[Ni]. The zero-order valence-corrected chi connectivity index (χ0v) is 7.94. The zero-order valence-electron chi connectivity index (χ0n) is 5.96. The van der Waals surface area contributed by atoms with Gasteiger partial charge in [-0.15, -0.1) is 0 Å². The molecule has 0 radical (unpaired) electrons. The summed E-state index contributed by atoms with van der Waals surface area (Å²) in [5, 5.41) is 0. The molecule has 9 heavy (non-hydrogen) atoms. The van der Waals surface area contributed by atoms with Crippen molar-refractivity contribution in [3.63, 3.8) is 0 Å². The molecule has 0 aliphatic rings. The van der Waals surface area contributed by atoms with Gasteiger partial charge in [-0.2, -0.15) is 12.8 Å². The summed E-state index contributed by atoms with van der Waals surface area (Å²) >= 11 is 7.50. The molecule has 0 amide bonds. The summed E-state index contributed by atoms with van der Waals surface area (Å²) in [4.78, 5) is 0. The monoisotopic (exact) mass is 214 g/mol. The molecule has 2 heteroatoms. The van der Waals surface area contributed by atoms with E-state index < -0.39 is 0 Å². The maximum absolute atomic E-state index is 3.75. The number of rotatable bonds is 0. The summed E-state index contributed by atoms with van der Waals surface area (Å²) in [7, 11) is 0. The molecule has 0 aliphatic heterocycles. The fourth-order valence-electron chi connectivity index (χ4n) is 0. The van der Waals surface area contributed by atoms with Gasteiger partial charge in [-0.25, -0.2) is 0 Å². The summed E-state index contributed by atoms with van der Waals surface area (Å²) in [5.41, 5.74) is 0. The van der Waals surface area contributed by atoms with E-state index in [1.807, 2.05) is 17.4 Å². The van der Waals surface area contributed by atoms with Gasteiger partial charge in [-0.3, -0.25) is 0 Å². The van der Waals surface area contributed by atoms with Crippen molar-refractivity contribution in [1.82, 2.24) is 0 Å². The van der Waals surface area contributed by atoms with E-state index in [0.717, 1.165) is 12.8 Å². The van der Waals surface area contributed by atoms with E-state index in [1.54, 1.807) is 0 Å². The Morgan fingerprint density at radius 2 is 1.11 bits per heavy atom. The van der Waals surface area contributed by atoms with Crippen LogP contribution in [-0.4, -0.2) is 3.57 Å². The molecule has 0 bridgehead atoms. The molecule has 0 fully saturated rings. The van der Waals surface area contributed by atoms with Crippen LogP contribution in [0, 0.1) is 13.8 Å². The quantitative estimate of drug-likeness (QED) is 0.429. The molecule has 0 saturated heterocycles. The van der Waals surface area contributed by atoms with Crippen molar-refractivity contribution in [3.8, 4) is 0 Å². The first-order chi connectivity index (χ1) is 4.24. The topological polar surface area (TPSA) is 0 Å². The van der Waals surface area contributed by atoms with Crippen LogP contribution < -0.4 is 0 Å². The van der Waals surface area contributed by atoms with E-state index in [2.05, 4.69) is 43.9 Å². The summed E-state index contributed by atoms with van der Waals surface area (Å²) in [6, 6.07) is 0. The maximum atomic E-state index is 3.75. The van der Waals surface area contributed by atoms with Crippen molar-refractivity contribution in [2.75, 3.05) is 0 Å². The summed E-state index contributed by atoms with van der Waals surface area (Å²) in [6.07, 6.45) is 2.00. The van der Waals surface area contributed by atoms with Gasteiger partial charge in [0.05, 0.1) is 0 Å². The van der Waals surface area contributed by atoms with Gasteiger partial charge in [0.25, 0.3) is 0 Å². The molecule has 0 rings (SSSR count). The van der Waals surface area contributed by atoms with Crippen LogP contribution >= 0.6 is 0 Å². The zero-order chi connectivity index (χ0) is 8.12. The Kier molecular flexibility index (Phi) is 67.9. The third-order valence-electron chi connectivity index (χ3n) is 0. The molecule has 0 saturated carbocycles. The first-order valence-electron chi connectivity index (χ1n) is 2.73. The first kappa shape index (κ1) is 16.4. The Bertz CT molecular complexity index is 42.9. The van der Waals surface area contributed by atoms with Crippen LogP contribution in [0.5, 0.6) is 0 Å². The second-order valence-corrected chi connectivity index (χ2v) is 1.85. The Hall–Kier alpha value is 0.767. The van der Waals surface area contributed by atoms with Gasteiger partial charge in [-0.05, 0) is 0 Å². The van der Waals surface area contributed by atoms with Crippen molar-refractivity contribution in [2.45, 2.75) is 26.7 Å². The van der Waals surface area contributed by atoms with Crippen LogP contribution in [0.25, 0.3) is 0 Å². The third-order valence-corrected chi connectivity index (χ3v) is 0. The van der Waals surface area contributed by atoms with E-state index >= 15 is 0 Å². The Labute approximate surface area is 74.3 Å². The van der Waals surface area contributed by atoms with Gasteiger partial charge in [0, 0.05) is 0 Å². The second-order valence-electron chi connectivity index (χ2n) is 1.05. The average Bonchev–Trinajstić information content (AvgIpc) is 1.70. The molecule has 0 aromatic carbocycles. The fraction of sp³-hybridized carbons (Fsp3) is 0.571. The molecule has 0 unspecified atom stereocenters. The summed E-state index contributed by atoms with van der Waals surface area (Å²) in [6.45, 7) is 11.0. The average molecular weight is 216 g/mol. The Morgan fingerprint density at radius 3 is 1.11 bits per heavy atom. The minimum atomic E-state index is 1.00. The van der Waals surface area contributed by atoms with Crippen LogP contribution in [-0.2, 0) is 30.1 Å². The molecule has 0 aromatic rings. The van der Waals surface area contributed by atoms with Gasteiger partial charge in [0.1, 0.15) is 0 Å². The van der Waals surface area contributed by atoms with Crippen LogP contribution in [0.3, 0.4) is 0 Å². The van der Waals surface area contributed by atoms with Gasteiger partial charge >= 0.3 is 33.6 Å². The summed E-state index contributed by atoms with van der Waals surface area (Å²) in [5.74, 6) is 0. The molecule has 64 valence electrons. The van der Waals surface area contributed by atoms with Gasteiger partial charge < -0.3 is 13.8 Å². The second kappa shape index (κ2) is 37.3. The predicted octanol–water partition coefficient (Wildman–Crippen LogP) is 2.18. The predicted molar refractivity (Wildman–Crippen MR) is 36.3 cm³/mol. The van der Waals surface area contributed by atoms with E-state index in [4.69, 9.17) is 0 Å². The molecule has 0 aromatic heterocycles. The molecule has 0 nitrogen and oxygen atoms in total. The van der Waals surface area contributed by atoms with Crippen molar-refractivity contribution in [3.05, 3.63) is 13.8 Å². The van der Waals surface area contributed by atoms with Crippen molar-refractivity contribution < 1.29 is 30.1 Å². The number of hydrogen-bond donors (Lipinski definition) is 0. The molecular formula is C7H14Ni2-2. The van der Waals surface area contributed by atoms with Crippen LogP contribution in [0.4, 0.5) is 0 Å². The summed E-state index contributed by atoms with van der Waals surface area (Å²) < 4.78 is 2.00. The fourth-order valence-corrected chi connectivity index (χ4v) is 0. The van der Waals surface area contributed by atoms with Crippen molar-refractivity contribution in [2.24, 2.45) is 0 Å². The number of hydrogen-bond acceptors (Lipinski definition) is 0. The van der Waals surface area contributed by atoms with Gasteiger partial charge in [-0.1, -0.05) is 13.8 Å². The van der Waals surface area contributed by atoms with Gasteiger partial charge in [0.15, 0.2) is 0 Å². The third kappa shape index (κ3) is 682. The molecular weight excluding hydrogens is 201 g/mol. The molecule has 0 spiro atoms. The minimum absolute atomic E-state index is 1.00. The van der Waals surface area contributed by atoms with Gasteiger partial charge in [0.2, 0.25) is 0 Å². The first-order valence-corrected chi connectivity index (χ1v) is 3.72. The van der Waals surface area contributed by atoms with Crippen molar-refractivity contribution in [1.29, 1.82) is 0 Å². The Balaban J connectivity index is -0.0000000600. The van der Waals surface area contributed by atoms with Crippen molar-refractivity contribution >= 4 is 3.57 Å². The standard InChI is InChI=1S/2C3H7.C.2Ni/c2*1-3-2;;;/h2*1,3H2,2H3;;;/q2*-1;;;. The van der Waals surface area contributed by atoms with E-state index in [1.165, 1.54) is 0 Å². The molecule has 0 heterocycles. The van der Waals surface area contributed by atoms with E-state index in [-0.39, 0.29) is 0 Å². The van der Waals surface area contributed by atoms with Crippen LogP contribution in [0.15, 0.2) is 0 Å². The van der Waals surface area contributed by atoms with Crippen LogP contribution in [0.2, 0.25) is 0 Å². The molecule has 0 aliphatic carbocycles.